The molecule has 2 aromatic heterocycles. The van der Waals surface area contributed by atoms with Crippen molar-refractivity contribution in [2.24, 2.45) is 0 Å². The molecule has 2 heterocycles. The van der Waals surface area contributed by atoms with Gasteiger partial charge in [-0.2, -0.15) is 0 Å². The van der Waals surface area contributed by atoms with E-state index >= 15 is 0 Å². The van der Waals surface area contributed by atoms with Crippen molar-refractivity contribution in [3.05, 3.63) is 43.9 Å². The maximum Gasteiger partial charge on any atom is 0.270 e. The molecular weight excluding hydrogens is 320 g/mol. The lowest BCUT2D eigenvalue weighted by atomic mass is 9.94. The highest BCUT2D eigenvalue weighted by atomic mass is 35.5. The lowest BCUT2D eigenvalue weighted by molar-refractivity contribution is 0.0780. The zero-order chi connectivity index (χ0) is 15.9. The number of thiophene rings is 1. The van der Waals surface area contributed by atoms with Gasteiger partial charge in [-0.25, -0.2) is 0 Å². The molecule has 3 rings (SSSR count). The molecule has 0 saturated carbocycles. The third-order valence-corrected chi connectivity index (χ3v) is 5.24. The second kappa shape index (κ2) is 5.89. The molecule has 0 aromatic carbocycles. The van der Waals surface area contributed by atoms with Gasteiger partial charge in [-0.3, -0.25) is 9.59 Å². The van der Waals surface area contributed by atoms with Crippen LogP contribution in [0.3, 0.4) is 0 Å². The summed E-state index contributed by atoms with van der Waals surface area (Å²) in [5.74, 6) is 0.0472. The van der Waals surface area contributed by atoms with Crippen LogP contribution in [-0.2, 0) is 13.0 Å². The Bertz CT molecular complexity index is 747. The molecule has 1 aliphatic carbocycles. The maximum absolute atomic E-state index is 12.7. The number of aryl methyl sites for hydroxylation is 1. The van der Waals surface area contributed by atoms with Crippen molar-refractivity contribution in [2.45, 2.75) is 32.7 Å². The van der Waals surface area contributed by atoms with Crippen molar-refractivity contribution >= 4 is 34.6 Å². The van der Waals surface area contributed by atoms with E-state index in [1.807, 2.05) is 19.1 Å². The Balaban J connectivity index is 1.84. The smallest absolute Gasteiger partial charge is 0.270 e. The molecule has 0 atom stereocenters. The summed E-state index contributed by atoms with van der Waals surface area (Å²) in [7, 11) is 1.76. The predicted molar refractivity (Wildman–Crippen MR) is 87.9 cm³/mol. The third-order valence-electron chi connectivity index (χ3n) is 4.02. The van der Waals surface area contributed by atoms with Crippen LogP contribution in [0.5, 0.6) is 0 Å². The number of H-pyrrole nitrogens is 1. The van der Waals surface area contributed by atoms with Gasteiger partial charge in [0.2, 0.25) is 0 Å². The van der Waals surface area contributed by atoms with Crippen LogP contribution in [0.2, 0.25) is 4.34 Å². The molecule has 1 aliphatic rings. The van der Waals surface area contributed by atoms with Gasteiger partial charge in [-0.15, -0.1) is 11.3 Å². The van der Waals surface area contributed by atoms with E-state index in [1.165, 1.54) is 11.3 Å². The number of nitrogens with zero attached hydrogens (tertiary/aromatic N) is 1. The maximum atomic E-state index is 12.7. The highest BCUT2D eigenvalue weighted by Crippen LogP contribution is 2.28. The van der Waals surface area contributed by atoms with Gasteiger partial charge in [-0.05, 0) is 37.5 Å². The van der Waals surface area contributed by atoms with Gasteiger partial charge in [-0.1, -0.05) is 11.6 Å². The summed E-state index contributed by atoms with van der Waals surface area (Å²) in [6.07, 6.45) is 2.26. The molecule has 4 nitrogen and oxygen atoms in total. The molecule has 0 radical (unpaired) electrons. The lowest BCUT2D eigenvalue weighted by Crippen LogP contribution is -2.26. The standard InChI is InChI=1S/C16H17ClN2O2S/c1-9-14-11(4-3-5-12(14)20)18-15(9)16(21)19(2)8-10-6-7-13(17)22-10/h6-7,18H,3-5,8H2,1-2H3. The summed E-state index contributed by atoms with van der Waals surface area (Å²) in [5.41, 5.74) is 2.94. The van der Waals surface area contributed by atoms with Crippen LogP contribution in [-0.4, -0.2) is 28.6 Å². The largest absolute Gasteiger partial charge is 0.354 e. The third kappa shape index (κ3) is 2.71. The Morgan fingerprint density at radius 1 is 1.41 bits per heavy atom. The average Bonchev–Trinajstić information content (AvgIpc) is 3.03. The molecular formula is C16H17ClN2O2S. The van der Waals surface area contributed by atoms with Gasteiger partial charge >= 0.3 is 0 Å². The van der Waals surface area contributed by atoms with Crippen molar-refractivity contribution in [3.8, 4) is 0 Å². The van der Waals surface area contributed by atoms with Crippen LogP contribution in [0.15, 0.2) is 12.1 Å². The van der Waals surface area contributed by atoms with E-state index in [0.717, 1.165) is 34.5 Å². The first-order chi connectivity index (χ1) is 10.5. The van der Waals surface area contributed by atoms with Crippen LogP contribution < -0.4 is 0 Å². The Hall–Kier alpha value is -1.59. The normalized spacial score (nSPS) is 14.0. The van der Waals surface area contributed by atoms with Crippen LogP contribution in [0.4, 0.5) is 0 Å². The van der Waals surface area contributed by atoms with E-state index in [-0.39, 0.29) is 11.7 Å². The van der Waals surface area contributed by atoms with Gasteiger partial charge < -0.3 is 9.88 Å². The summed E-state index contributed by atoms with van der Waals surface area (Å²) in [5, 5.41) is 0. The van der Waals surface area contributed by atoms with Crippen molar-refractivity contribution in [2.75, 3.05) is 7.05 Å². The summed E-state index contributed by atoms with van der Waals surface area (Å²) < 4.78 is 0.716. The molecule has 22 heavy (non-hydrogen) atoms. The molecule has 1 N–H and O–H groups in total. The number of halogens is 1. The number of hydrogen-bond acceptors (Lipinski definition) is 3. The van der Waals surface area contributed by atoms with Gasteiger partial charge in [0.15, 0.2) is 5.78 Å². The molecule has 0 unspecified atom stereocenters. The molecule has 0 fully saturated rings. The first kappa shape index (κ1) is 15.3. The number of aromatic nitrogens is 1. The fourth-order valence-electron chi connectivity index (χ4n) is 2.92. The number of ketones is 1. The molecule has 6 heteroatoms. The Labute approximate surface area is 138 Å². The molecule has 0 saturated heterocycles. The molecule has 116 valence electrons. The lowest BCUT2D eigenvalue weighted by Gasteiger charge is -2.16. The van der Waals surface area contributed by atoms with Crippen molar-refractivity contribution < 1.29 is 9.59 Å². The topological polar surface area (TPSA) is 53.2 Å². The Kier molecular flexibility index (Phi) is 4.10. The first-order valence-corrected chi connectivity index (χ1v) is 8.41. The number of carbonyl (C=O) groups excluding carboxylic acids is 2. The number of nitrogens with one attached hydrogen (secondary N) is 1. The van der Waals surface area contributed by atoms with E-state index < -0.39 is 0 Å². The highest BCUT2D eigenvalue weighted by Gasteiger charge is 2.27. The zero-order valence-electron chi connectivity index (χ0n) is 12.5. The average molecular weight is 337 g/mol. The quantitative estimate of drug-likeness (QED) is 0.926. The van der Waals surface area contributed by atoms with Gasteiger partial charge in [0.25, 0.3) is 5.91 Å². The molecule has 0 bridgehead atoms. The van der Waals surface area contributed by atoms with Gasteiger partial charge in [0.1, 0.15) is 5.69 Å². The van der Waals surface area contributed by atoms with E-state index in [4.69, 9.17) is 11.6 Å². The number of Topliss-reactive ketones (excluding diaryl/α,β-unsaturated/α-hetero) is 1. The highest BCUT2D eigenvalue weighted by molar-refractivity contribution is 7.16. The molecule has 0 aliphatic heterocycles. The number of amides is 1. The Morgan fingerprint density at radius 2 is 2.18 bits per heavy atom. The summed E-state index contributed by atoms with van der Waals surface area (Å²) in [4.78, 5) is 30.6. The van der Waals surface area contributed by atoms with Gasteiger partial charge in [0.05, 0.1) is 10.9 Å². The van der Waals surface area contributed by atoms with Gasteiger partial charge in [0, 0.05) is 29.6 Å². The number of fused-ring (bicyclic) bond motifs is 1. The monoisotopic (exact) mass is 336 g/mol. The number of carbonyl (C=O) groups is 2. The molecule has 0 spiro atoms. The van der Waals surface area contributed by atoms with Crippen molar-refractivity contribution in [1.82, 2.24) is 9.88 Å². The zero-order valence-corrected chi connectivity index (χ0v) is 14.1. The number of hydrogen-bond donors (Lipinski definition) is 1. The summed E-state index contributed by atoms with van der Waals surface area (Å²) in [6.45, 7) is 2.36. The minimum Gasteiger partial charge on any atom is -0.354 e. The Morgan fingerprint density at radius 3 is 2.82 bits per heavy atom. The predicted octanol–water partition coefficient (Wildman–Crippen LogP) is 3.83. The number of rotatable bonds is 3. The fourth-order valence-corrected chi connectivity index (χ4v) is 4.06. The van der Waals surface area contributed by atoms with E-state index in [1.54, 1.807) is 11.9 Å². The number of aromatic amines is 1. The second-order valence-electron chi connectivity index (χ2n) is 5.62. The van der Waals surface area contributed by atoms with E-state index in [9.17, 15) is 9.59 Å². The SMILES string of the molecule is Cc1c(C(=O)N(C)Cc2ccc(Cl)s2)[nH]c2c1C(=O)CCC2. The minimum absolute atomic E-state index is 0.0933. The van der Waals surface area contributed by atoms with Crippen LogP contribution in [0, 0.1) is 6.92 Å². The summed E-state index contributed by atoms with van der Waals surface area (Å²) >= 11 is 7.39. The first-order valence-electron chi connectivity index (χ1n) is 7.21. The van der Waals surface area contributed by atoms with E-state index in [0.29, 0.717) is 23.0 Å². The van der Waals surface area contributed by atoms with Crippen LogP contribution >= 0.6 is 22.9 Å². The van der Waals surface area contributed by atoms with Crippen LogP contribution in [0.25, 0.3) is 0 Å². The fraction of sp³-hybridized carbons (Fsp3) is 0.375. The van der Waals surface area contributed by atoms with Crippen molar-refractivity contribution in [3.63, 3.8) is 0 Å². The molecule has 2 aromatic rings. The van der Waals surface area contributed by atoms with Crippen molar-refractivity contribution in [1.29, 1.82) is 0 Å². The minimum atomic E-state index is -0.0933. The summed E-state index contributed by atoms with van der Waals surface area (Å²) in [6, 6.07) is 3.75. The van der Waals surface area contributed by atoms with Crippen LogP contribution in [0.1, 0.15) is 49.8 Å². The van der Waals surface area contributed by atoms with E-state index in [2.05, 4.69) is 4.98 Å². The molecule has 1 amide bonds. The second-order valence-corrected chi connectivity index (χ2v) is 7.42.